The van der Waals surface area contributed by atoms with E-state index in [1.54, 1.807) is 20.8 Å². The van der Waals surface area contributed by atoms with Crippen molar-refractivity contribution in [3.8, 4) is 22.7 Å². The van der Waals surface area contributed by atoms with E-state index in [1.165, 1.54) is 0 Å². The van der Waals surface area contributed by atoms with Crippen molar-refractivity contribution in [2.45, 2.75) is 51.9 Å². The van der Waals surface area contributed by atoms with Gasteiger partial charge in [0.25, 0.3) is 0 Å². The standard InChI is InChI=1S/C26H28N4O3/c1-17(31)26(2,3)32-16-19-14-25(18-7-5-8-21(13-18)33-20-11-12-20)30(28-19)24-10-6-9-23-22(24)15-27-29(23)4/h5-10,13-15,20H,11-12,16H2,1-4H3. The Labute approximate surface area is 192 Å². The predicted octanol–water partition coefficient (Wildman–Crippen LogP) is 4.85. The Morgan fingerprint density at radius 1 is 1.15 bits per heavy atom. The number of aryl methyl sites for hydroxylation is 1. The summed E-state index contributed by atoms with van der Waals surface area (Å²) >= 11 is 0. The second-order valence-corrected chi connectivity index (χ2v) is 9.11. The number of nitrogens with zero attached hydrogens (tertiary/aromatic N) is 4. The summed E-state index contributed by atoms with van der Waals surface area (Å²) in [5.74, 6) is 0.838. The van der Waals surface area contributed by atoms with Crippen LogP contribution >= 0.6 is 0 Å². The number of hydrogen-bond acceptors (Lipinski definition) is 5. The van der Waals surface area contributed by atoms with Gasteiger partial charge in [-0.25, -0.2) is 4.68 Å². The maximum absolute atomic E-state index is 11.9. The average Bonchev–Trinajstić information content (AvgIpc) is 3.37. The van der Waals surface area contributed by atoms with E-state index in [0.29, 0.717) is 6.10 Å². The van der Waals surface area contributed by atoms with E-state index < -0.39 is 5.60 Å². The third-order valence-corrected chi connectivity index (χ3v) is 6.14. The van der Waals surface area contributed by atoms with Crippen LogP contribution in [0.15, 0.2) is 54.7 Å². The van der Waals surface area contributed by atoms with Gasteiger partial charge in [0, 0.05) is 18.0 Å². The van der Waals surface area contributed by atoms with Crippen LogP contribution in [0.25, 0.3) is 27.8 Å². The van der Waals surface area contributed by atoms with Crippen LogP contribution in [-0.4, -0.2) is 37.0 Å². The summed E-state index contributed by atoms with van der Waals surface area (Å²) in [5.41, 5.74) is 3.75. The smallest absolute Gasteiger partial charge is 0.161 e. The highest BCUT2D eigenvalue weighted by Crippen LogP contribution is 2.33. The van der Waals surface area contributed by atoms with E-state index in [2.05, 4.69) is 17.2 Å². The van der Waals surface area contributed by atoms with Crippen LogP contribution in [0.4, 0.5) is 0 Å². The minimum atomic E-state index is -0.870. The molecule has 33 heavy (non-hydrogen) atoms. The van der Waals surface area contributed by atoms with Gasteiger partial charge in [-0.05, 0) is 63.9 Å². The molecule has 0 unspecified atom stereocenters. The van der Waals surface area contributed by atoms with E-state index in [1.807, 2.05) is 59.0 Å². The summed E-state index contributed by atoms with van der Waals surface area (Å²) in [6, 6.07) is 16.2. The van der Waals surface area contributed by atoms with Crippen LogP contribution in [0.1, 0.15) is 39.3 Å². The summed E-state index contributed by atoms with van der Waals surface area (Å²) in [6.07, 6.45) is 4.40. The molecule has 0 N–H and O–H groups in total. The van der Waals surface area contributed by atoms with Crippen LogP contribution in [-0.2, 0) is 23.2 Å². The van der Waals surface area contributed by atoms with Crippen molar-refractivity contribution >= 4 is 16.7 Å². The van der Waals surface area contributed by atoms with Crippen molar-refractivity contribution in [1.82, 2.24) is 19.6 Å². The van der Waals surface area contributed by atoms with Crippen molar-refractivity contribution in [2.24, 2.45) is 7.05 Å². The van der Waals surface area contributed by atoms with Gasteiger partial charge < -0.3 is 9.47 Å². The zero-order chi connectivity index (χ0) is 23.2. The Bertz CT molecular complexity index is 1330. The highest BCUT2D eigenvalue weighted by atomic mass is 16.5. The summed E-state index contributed by atoms with van der Waals surface area (Å²) in [4.78, 5) is 11.9. The highest BCUT2D eigenvalue weighted by molar-refractivity contribution is 5.88. The van der Waals surface area contributed by atoms with E-state index in [0.717, 1.165) is 52.1 Å². The van der Waals surface area contributed by atoms with Gasteiger partial charge >= 0.3 is 0 Å². The first-order valence-electron chi connectivity index (χ1n) is 11.2. The zero-order valence-electron chi connectivity index (χ0n) is 19.4. The molecule has 170 valence electrons. The lowest BCUT2D eigenvalue weighted by atomic mass is 10.1. The molecule has 0 spiro atoms. The van der Waals surface area contributed by atoms with Crippen LogP contribution in [0.3, 0.4) is 0 Å². The molecule has 1 fully saturated rings. The molecule has 0 aliphatic heterocycles. The minimum Gasteiger partial charge on any atom is -0.490 e. The number of carbonyl (C=O) groups excluding carboxylic acids is 1. The molecule has 0 bridgehead atoms. The molecule has 7 heteroatoms. The first-order chi connectivity index (χ1) is 15.8. The SMILES string of the molecule is CC(=O)C(C)(C)OCc1cc(-c2cccc(OC3CC3)c2)n(-c2cccc3c2cnn3C)n1. The van der Waals surface area contributed by atoms with E-state index in [9.17, 15) is 4.79 Å². The number of rotatable bonds is 8. The van der Waals surface area contributed by atoms with Gasteiger partial charge in [0.05, 0.1) is 41.5 Å². The third-order valence-electron chi connectivity index (χ3n) is 6.14. The molecule has 1 saturated carbocycles. The number of ketones is 1. The molecule has 2 aromatic heterocycles. The Morgan fingerprint density at radius 2 is 1.94 bits per heavy atom. The lowest BCUT2D eigenvalue weighted by Gasteiger charge is -2.21. The van der Waals surface area contributed by atoms with Gasteiger partial charge in [-0.15, -0.1) is 0 Å². The van der Waals surface area contributed by atoms with Crippen LogP contribution in [0.5, 0.6) is 5.75 Å². The molecule has 7 nitrogen and oxygen atoms in total. The summed E-state index contributed by atoms with van der Waals surface area (Å²) in [6.45, 7) is 5.33. The van der Waals surface area contributed by atoms with Crippen LogP contribution in [0.2, 0.25) is 0 Å². The van der Waals surface area contributed by atoms with Gasteiger partial charge in [-0.3, -0.25) is 9.48 Å². The first kappa shape index (κ1) is 21.4. The average molecular weight is 445 g/mol. The van der Waals surface area contributed by atoms with Crippen molar-refractivity contribution < 1.29 is 14.3 Å². The molecule has 1 aliphatic rings. The van der Waals surface area contributed by atoms with Gasteiger partial charge in [-0.1, -0.05) is 18.2 Å². The first-order valence-corrected chi connectivity index (χ1v) is 11.2. The van der Waals surface area contributed by atoms with Crippen molar-refractivity contribution in [3.05, 3.63) is 60.4 Å². The van der Waals surface area contributed by atoms with Gasteiger partial charge in [0.2, 0.25) is 0 Å². The molecule has 4 aromatic rings. The van der Waals surface area contributed by atoms with Crippen LogP contribution in [0, 0.1) is 0 Å². The largest absolute Gasteiger partial charge is 0.490 e. The fraction of sp³-hybridized carbons (Fsp3) is 0.346. The third kappa shape index (κ3) is 4.28. The lowest BCUT2D eigenvalue weighted by molar-refractivity contribution is -0.139. The fourth-order valence-corrected chi connectivity index (χ4v) is 3.70. The predicted molar refractivity (Wildman–Crippen MR) is 126 cm³/mol. The second kappa shape index (κ2) is 8.15. The Hall–Kier alpha value is -3.45. The number of ether oxygens (including phenoxy) is 2. The summed E-state index contributed by atoms with van der Waals surface area (Å²) < 4.78 is 15.7. The molecular formula is C26H28N4O3. The molecule has 0 amide bonds. The number of benzene rings is 2. The minimum absolute atomic E-state index is 0.0211. The van der Waals surface area contributed by atoms with Gasteiger partial charge in [0.1, 0.15) is 11.4 Å². The molecule has 2 heterocycles. The number of carbonyl (C=O) groups is 1. The van der Waals surface area contributed by atoms with E-state index in [-0.39, 0.29) is 12.4 Å². The Balaban J connectivity index is 1.59. The highest BCUT2D eigenvalue weighted by Gasteiger charge is 2.26. The summed E-state index contributed by atoms with van der Waals surface area (Å²) in [7, 11) is 1.93. The molecule has 0 radical (unpaired) electrons. The fourth-order valence-electron chi connectivity index (χ4n) is 3.70. The normalized spacial score (nSPS) is 14.1. The quantitative estimate of drug-likeness (QED) is 0.388. The number of hydrogen-bond donors (Lipinski definition) is 0. The van der Waals surface area contributed by atoms with Gasteiger partial charge in [-0.2, -0.15) is 10.2 Å². The number of fused-ring (bicyclic) bond motifs is 1. The molecule has 0 saturated heterocycles. The Kier molecular flexibility index (Phi) is 5.29. The topological polar surface area (TPSA) is 71.2 Å². The molecule has 2 aromatic carbocycles. The zero-order valence-corrected chi connectivity index (χ0v) is 19.4. The lowest BCUT2D eigenvalue weighted by Crippen LogP contribution is -2.32. The molecule has 5 rings (SSSR count). The van der Waals surface area contributed by atoms with E-state index in [4.69, 9.17) is 14.6 Å². The monoisotopic (exact) mass is 444 g/mol. The molecule has 0 atom stereocenters. The van der Waals surface area contributed by atoms with Crippen molar-refractivity contribution in [2.75, 3.05) is 0 Å². The van der Waals surface area contributed by atoms with Gasteiger partial charge in [0.15, 0.2) is 5.78 Å². The Morgan fingerprint density at radius 3 is 2.70 bits per heavy atom. The molecular weight excluding hydrogens is 416 g/mol. The second-order valence-electron chi connectivity index (χ2n) is 9.11. The number of aromatic nitrogens is 4. The molecule has 1 aliphatic carbocycles. The summed E-state index contributed by atoms with van der Waals surface area (Å²) in [5, 5.41) is 10.3. The number of Topliss-reactive ketones (excluding diaryl/α,β-unsaturated/α-hetero) is 1. The van der Waals surface area contributed by atoms with Crippen molar-refractivity contribution in [1.29, 1.82) is 0 Å². The van der Waals surface area contributed by atoms with Crippen molar-refractivity contribution in [3.63, 3.8) is 0 Å². The van der Waals surface area contributed by atoms with E-state index >= 15 is 0 Å². The van der Waals surface area contributed by atoms with Crippen LogP contribution < -0.4 is 4.74 Å². The maximum atomic E-state index is 11.9. The maximum Gasteiger partial charge on any atom is 0.161 e.